The minimum absolute atomic E-state index is 0.0865. The van der Waals surface area contributed by atoms with Crippen molar-refractivity contribution in [2.75, 3.05) is 25.0 Å². The summed E-state index contributed by atoms with van der Waals surface area (Å²) in [6.45, 7) is 7.56. The average Bonchev–Trinajstić information content (AvgIpc) is 3.08. The monoisotopic (exact) mass is 400 g/mol. The Morgan fingerprint density at radius 3 is 2.68 bits per heavy atom. The summed E-state index contributed by atoms with van der Waals surface area (Å²) in [5.74, 6) is -0.488. The molecule has 1 atom stereocenters. The summed E-state index contributed by atoms with van der Waals surface area (Å²) in [6.07, 6.45) is 3.47. The molecule has 5 nitrogen and oxygen atoms in total. The topological polar surface area (TPSA) is 58.6 Å². The summed E-state index contributed by atoms with van der Waals surface area (Å²) < 4.78 is 5.27. The second-order valence-electron chi connectivity index (χ2n) is 7.30. The Morgan fingerprint density at radius 2 is 2.00 bits per heavy atom. The minimum Gasteiger partial charge on any atom is -0.462 e. The molecule has 1 aliphatic rings. The number of nitrogens with one attached hydrogen (secondary N) is 1. The number of hydrogen-bond acceptors (Lipinski definition) is 5. The smallest absolute Gasteiger partial charge is 0.341 e. The first-order chi connectivity index (χ1) is 13.5. The van der Waals surface area contributed by atoms with Gasteiger partial charge < -0.3 is 10.1 Å². The van der Waals surface area contributed by atoms with Crippen molar-refractivity contribution in [3.8, 4) is 11.1 Å². The molecule has 1 saturated heterocycles. The molecule has 3 rings (SSSR count). The van der Waals surface area contributed by atoms with Crippen LogP contribution in [0.1, 0.15) is 49.0 Å². The van der Waals surface area contributed by atoms with Crippen LogP contribution in [-0.4, -0.2) is 42.5 Å². The average molecular weight is 401 g/mol. The van der Waals surface area contributed by atoms with Gasteiger partial charge in [0.1, 0.15) is 10.6 Å². The fourth-order valence-corrected chi connectivity index (χ4v) is 4.52. The lowest BCUT2D eigenvalue weighted by molar-refractivity contribution is -0.118. The van der Waals surface area contributed by atoms with Crippen LogP contribution >= 0.6 is 11.3 Å². The molecule has 1 fully saturated rings. The number of carbonyl (C=O) groups excluding carboxylic acids is 2. The van der Waals surface area contributed by atoms with Crippen molar-refractivity contribution in [2.24, 2.45) is 0 Å². The Hall–Kier alpha value is -2.18. The normalized spacial score (nSPS) is 17.3. The van der Waals surface area contributed by atoms with E-state index in [0.29, 0.717) is 29.8 Å². The predicted molar refractivity (Wildman–Crippen MR) is 114 cm³/mol. The number of ether oxygens (including phenoxy) is 1. The fourth-order valence-electron chi connectivity index (χ4n) is 3.54. The van der Waals surface area contributed by atoms with Crippen LogP contribution in [0.15, 0.2) is 29.6 Å². The number of hydrogen-bond donors (Lipinski definition) is 1. The maximum Gasteiger partial charge on any atom is 0.341 e. The molecule has 0 saturated carbocycles. The molecule has 2 aromatic rings. The second kappa shape index (κ2) is 9.34. The van der Waals surface area contributed by atoms with E-state index in [1.807, 2.05) is 36.6 Å². The number of thiophene rings is 1. The van der Waals surface area contributed by atoms with Gasteiger partial charge in [-0.2, -0.15) is 0 Å². The lowest BCUT2D eigenvalue weighted by atomic mass is 10.0. The highest BCUT2D eigenvalue weighted by molar-refractivity contribution is 7.15. The van der Waals surface area contributed by atoms with Crippen LogP contribution in [0.2, 0.25) is 0 Å². The molecule has 0 unspecified atom stereocenters. The van der Waals surface area contributed by atoms with E-state index in [2.05, 4.69) is 17.1 Å². The summed E-state index contributed by atoms with van der Waals surface area (Å²) in [4.78, 5) is 27.5. The van der Waals surface area contributed by atoms with Crippen molar-refractivity contribution >= 4 is 28.2 Å². The third-order valence-electron chi connectivity index (χ3n) is 5.17. The minimum atomic E-state index is -0.402. The molecule has 1 N–H and O–H groups in total. The molecule has 0 bridgehead atoms. The number of likely N-dealkylation sites (tertiary alicyclic amines) is 1. The van der Waals surface area contributed by atoms with Gasteiger partial charge in [0.25, 0.3) is 0 Å². The third kappa shape index (κ3) is 4.80. The van der Waals surface area contributed by atoms with Crippen molar-refractivity contribution in [3.05, 3.63) is 40.8 Å². The van der Waals surface area contributed by atoms with Gasteiger partial charge >= 0.3 is 5.97 Å². The Balaban J connectivity index is 1.82. The number of aryl methyl sites for hydroxylation is 1. The Kier molecular flexibility index (Phi) is 6.86. The molecular formula is C22H28N2O3S. The molecule has 0 aliphatic carbocycles. The summed E-state index contributed by atoms with van der Waals surface area (Å²) in [5.41, 5.74) is 3.33. The number of amides is 1. The SMILES string of the molecule is CCOC(=O)c1c(-c2ccc(C)cc2)csc1NC(=O)CN1CCCC[C@@H]1C. The second-order valence-corrected chi connectivity index (χ2v) is 8.18. The molecule has 1 aromatic heterocycles. The maximum absolute atomic E-state index is 12.7. The molecule has 1 aromatic carbocycles. The van der Waals surface area contributed by atoms with Crippen LogP contribution in [-0.2, 0) is 9.53 Å². The highest BCUT2D eigenvalue weighted by Gasteiger charge is 2.25. The fraction of sp³-hybridized carbons (Fsp3) is 0.455. The van der Waals surface area contributed by atoms with Crippen LogP contribution in [0.4, 0.5) is 5.00 Å². The third-order valence-corrected chi connectivity index (χ3v) is 6.07. The van der Waals surface area contributed by atoms with Crippen LogP contribution in [0.3, 0.4) is 0 Å². The van der Waals surface area contributed by atoms with Gasteiger partial charge in [-0.1, -0.05) is 36.2 Å². The predicted octanol–water partition coefficient (Wildman–Crippen LogP) is 4.71. The summed E-state index contributed by atoms with van der Waals surface area (Å²) >= 11 is 1.37. The van der Waals surface area contributed by atoms with Crippen molar-refractivity contribution in [1.82, 2.24) is 4.90 Å². The van der Waals surface area contributed by atoms with Crippen LogP contribution in [0.5, 0.6) is 0 Å². The number of esters is 1. The van der Waals surface area contributed by atoms with Gasteiger partial charge in [0.15, 0.2) is 0 Å². The number of piperidine rings is 1. The number of carbonyl (C=O) groups is 2. The van der Waals surface area contributed by atoms with E-state index in [-0.39, 0.29) is 5.91 Å². The van der Waals surface area contributed by atoms with E-state index < -0.39 is 5.97 Å². The summed E-state index contributed by atoms with van der Waals surface area (Å²) in [6, 6.07) is 8.41. The van der Waals surface area contributed by atoms with Crippen LogP contribution in [0.25, 0.3) is 11.1 Å². The van der Waals surface area contributed by atoms with E-state index >= 15 is 0 Å². The number of rotatable bonds is 6. The van der Waals surface area contributed by atoms with Crippen LogP contribution < -0.4 is 5.32 Å². The van der Waals surface area contributed by atoms with E-state index in [0.717, 1.165) is 36.1 Å². The number of nitrogens with zero attached hydrogens (tertiary/aromatic N) is 1. The van der Waals surface area contributed by atoms with Gasteiger partial charge in [0.05, 0.1) is 13.2 Å². The molecule has 150 valence electrons. The lowest BCUT2D eigenvalue weighted by Gasteiger charge is -2.32. The molecule has 28 heavy (non-hydrogen) atoms. The highest BCUT2D eigenvalue weighted by atomic mass is 32.1. The van der Waals surface area contributed by atoms with Crippen LogP contribution in [0, 0.1) is 6.92 Å². The first-order valence-electron chi connectivity index (χ1n) is 9.89. The van der Waals surface area contributed by atoms with Gasteiger partial charge in [0, 0.05) is 17.0 Å². The van der Waals surface area contributed by atoms with Crippen molar-refractivity contribution in [3.63, 3.8) is 0 Å². The first-order valence-corrected chi connectivity index (χ1v) is 10.8. The van der Waals surface area contributed by atoms with Gasteiger partial charge in [-0.25, -0.2) is 4.79 Å². The molecule has 6 heteroatoms. The molecule has 1 aliphatic heterocycles. The molecule has 1 amide bonds. The van der Waals surface area contributed by atoms with Crippen molar-refractivity contribution in [2.45, 2.75) is 46.1 Å². The van der Waals surface area contributed by atoms with Gasteiger partial charge in [-0.3, -0.25) is 9.69 Å². The zero-order valence-electron chi connectivity index (χ0n) is 16.8. The van der Waals surface area contributed by atoms with E-state index in [9.17, 15) is 9.59 Å². The van der Waals surface area contributed by atoms with Gasteiger partial charge in [-0.15, -0.1) is 11.3 Å². The summed E-state index contributed by atoms with van der Waals surface area (Å²) in [5, 5.41) is 5.43. The van der Waals surface area contributed by atoms with E-state index in [1.165, 1.54) is 17.8 Å². The lowest BCUT2D eigenvalue weighted by Crippen LogP contribution is -2.42. The van der Waals surface area contributed by atoms with Crippen molar-refractivity contribution in [1.29, 1.82) is 0 Å². The molecule has 2 heterocycles. The van der Waals surface area contributed by atoms with Crippen molar-refractivity contribution < 1.29 is 14.3 Å². The molecular weight excluding hydrogens is 372 g/mol. The molecule has 0 spiro atoms. The first kappa shape index (κ1) is 20.6. The largest absolute Gasteiger partial charge is 0.462 e. The van der Waals surface area contributed by atoms with E-state index in [4.69, 9.17) is 4.74 Å². The standard InChI is InChI=1S/C22H28N2O3S/c1-4-27-22(26)20-18(17-10-8-15(2)9-11-17)14-28-21(20)23-19(25)13-24-12-6-5-7-16(24)3/h8-11,14,16H,4-7,12-13H2,1-3H3,(H,23,25)/t16-/m0/s1. The highest BCUT2D eigenvalue weighted by Crippen LogP contribution is 2.36. The number of anilines is 1. The Labute approximate surface area is 170 Å². The van der Waals surface area contributed by atoms with Gasteiger partial charge in [-0.05, 0) is 45.7 Å². The summed E-state index contributed by atoms with van der Waals surface area (Å²) in [7, 11) is 0. The van der Waals surface area contributed by atoms with E-state index in [1.54, 1.807) is 6.92 Å². The Bertz CT molecular complexity index is 829. The zero-order valence-corrected chi connectivity index (χ0v) is 17.6. The quantitative estimate of drug-likeness (QED) is 0.713. The zero-order chi connectivity index (χ0) is 20.1. The Morgan fingerprint density at radius 1 is 1.25 bits per heavy atom. The molecule has 0 radical (unpaired) electrons. The number of benzene rings is 1. The van der Waals surface area contributed by atoms with Gasteiger partial charge in [0.2, 0.25) is 5.91 Å². The maximum atomic E-state index is 12.7.